The Kier molecular flexibility index (Phi) is 3.78. The van der Waals surface area contributed by atoms with E-state index >= 15 is 0 Å². The third-order valence-corrected chi connectivity index (χ3v) is 5.09. The SMILES string of the molecule is CCc1cc(SC(C)C)c2c(c1)[C@H]1CNCCN1C2=O. The predicted octanol–water partition coefficient (Wildman–Crippen LogP) is 2.85. The maximum atomic E-state index is 12.7. The van der Waals surface area contributed by atoms with E-state index in [-0.39, 0.29) is 11.9 Å². The van der Waals surface area contributed by atoms with Gasteiger partial charge in [-0.3, -0.25) is 4.79 Å². The molecule has 4 heteroatoms. The maximum Gasteiger partial charge on any atom is 0.255 e. The van der Waals surface area contributed by atoms with Crippen LogP contribution in [0.15, 0.2) is 17.0 Å². The number of carbonyl (C=O) groups excluding carboxylic acids is 1. The normalized spacial score (nSPS) is 21.3. The summed E-state index contributed by atoms with van der Waals surface area (Å²) in [6, 6.07) is 4.70. The summed E-state index contributed by atoms with van der Waals surface area (Å²) in [7, 11) is 0. The standard InChI is InChI=1S/C16H22N2OS/c1-4-11-7-12-13-9-17-5-6-18(13)16(19)15(12)14(8-11)20-10(2)3/h7-8,10,13,17H,4-6,9H2,1-3H3/t13-/m1/s1. The van der Waals surface area contributed by atoms with Crippen LogP contribution in [-0.4, -0.2) is 35.7 Å². The summed E-state index contributed by atoms with van der Waals surface area (Å²) in [6.45, 7) is 9.17. The minimum Gasteiger partial charge on any atom is -0.329 e. The lowest BCUT2D eigenvalue weighted by molar-refractivity contribution is 0.0688. The van der Waals surface area contributed by atoms with E-state index < -0.39 is 0 Å². The van der Waals surface area contributed by atoms with Gasteiger partial charge in [-0.1, -0.05) is 26.8 Å². The molecule has 1 atom stereocenters. The lowest BCUT2D eigenvalue weighted by Gasteiger charge is -2.30. The number of hydrogen-bond acceptors (Lipinski definition) is 3. The van der Waals surface area contributed by atoms with Gasteiger partial charge < -0.3 is 10.2 Å². The van der Waals surface area contributed by atoms with Crippen molar-refractivity contribution >= 4 is 17.7 Å². The Labute approximate surface area is 125 Å². The number of carbonyl (C=O) groups is 1. The first-order valence-corrected chi connectivity index (χ1v) is 8.35. The summed E-state index contributed by atoms with van der Waals surface area (Å²) in [4.78, 5) is 15.9. The lowest BCUT2D eigenvalue weighted by Crippen LogP contribution is -2.44. The van der Waals surface area contributed by atoms with Gasteiger partial charge >= 0.3 is 0 Å². The molecule has 1 aromatic rings. The molecule has 2 aliphatic rings. The largest absolute Gasteiger partial charge is 0.329 e. The van der Waals surface area contributed by atoms with Crippen molar-refractivity contribution in [2.45, 2.75) is 43.4 Å². The molecule has 3 nitrogen and oxygen atoms in total. The highest BCUT2D eigenvalue weighted by molar-refractivity contribution is 8.00. The minimum atomic E-state index is 0.234. The number of aryl methyl sites for hydroxylation is 1. The zero-order valence-corrected chi connectivity index (χ0v) is 13.2. The molecule has 0 aromatic heterocycles. The van der Waals surface area contributed by atoms with Gasteiger partial charge in [-0.2, -0.15) is 0 Å². The van der Waals surface area contributed by atoms with Crippen LogP contribution in [0.4, 0.5) is 0 Å². The van der Waals surface area contributed by atoms with E-state index in [1.54, 1.807) is 0 Å². The second kappa shape index (κ2) is 5.41. The number of fused-ring (bicyclic) bond motifs is 3. The molecule has 2 heterocycles. The molecular formula is C16H22N2OS. The summed E-state index contributed by atoms with van der Waals surface area (Å²) in [5, 5.41) is 3.91. The number of thioether (sulfide) groups is 1. The molecule has 1 aromatic carbocycles. The first-order chi connectivity index (χ1) is 9.61. The van der Waals surface area contributed by atoms with Crippen molar-refractivity contribution in [3.05, 3.63) is 28.8 Å². The summed E-state index contributed by atoms with van der Waals surface area (Å²) in [5.74, 6) is 0.234. The molecule has 0 unspecified atom stereocenters. The summed E-state index contributed by atoms with van der Waals surface area (Å²) < 4.78 is 0. The Hall–Kier alpha value is -1.00. The fraction of sp³-hybridized carbons (Fsp3) is 0.562. The third-order valence-electron chi connectivity index (χ3n) is 4.04. The molecule has 2 aliphatic heterocycles. The predicted molar refractivity (Wildman–Crippen MR) is 83.5 cm³/mol. The first kappa shape index (κ1) is 14.0. The molecule has 1 N–H and O–H groups in total. The summed E-state index contributed by atoms with van der Waals surface area (Å²) in [6.07, 6.45) is 1.02. The smallest absolute Gasteiger partial charge is 0.255 e. The van der Waals surface area contributed by atoms with Gasteiger partial charge in [0.15, 0.2) is 0 Å². The highest BCUT2D eigenvalue weighted by Gasteiger charge is 2.39. The van der Waals surface area contributed by atoms with E-state index in [4.69, 9.17) is 0 Å². The van der Waals surface area contributed by atoms with Crippen LogP contribution >= 0.6 is 11.8 Å². The number of nitrogens with one attached hydrogen (secondary N) is 1. The molecule has 3 rings (SSSR count). The Morgan fingerprint density at radius 2 is 2.25 bits per heavy atom. The quantitative estimate of drug-likeness (QED) is 0.869. The highest BCUT2D eigenvalue weighted by atomic mass is 32.2. The molecule has 108 valence electrons. The van der Waals surface area contributed by atoms with Gasteiger partial charge in [-0.25, -0.2) is 0 Å². The van der Waals surface area contributed by atoms with Crippen molar-refractivity contribution in [3.63, 3.8) is 0 Å². The molecule has 0 radical (unpaired) electrons. The summed E-state index contributed by atoms with van der Waals surface area (Å²) in [5.41, 5.74) is 3.55. The van der Waals surface area contributed by atoms with Crippen LogP contribution in [0.2, 0.25) is 0 Å². The average Bonchev–Trinajstić information content (AvgIpc) is 2.72. The molecule has 1 fully saturated rings. The molecule has 0 aliphatic carbocycles. The van der Waals surface area contributed by atoms with Crippen molar-refractivity contribution in [1.29, 1.82) is 0 Å². The Balaban J connectivity index is 2.10. The third kappa shape index (κ3) is 2.25. The Morgan fingerprint density at radius 3 is 2.95 bits per heavy atom. The van der Waals surface area contributed by atoms with Gasteiger partial charge in [-0.05, 0) is 23.6 Å². The van der Waals surface area contributed by atoms with Crippen LogP contribution in [0.1, 0.15) is 48.3 Å². The van der Waals surface area contributed by atoms with Crippen LogP contribution in [0.25, 0.3) is 0 Å². The van der Waals surface area contributed by atoms with E-state index in [0.717, 1.165) is 31.6 Å². The fourth-order valence-electron chi connectivity index (χ4n) is 3.11. The van der Waals surface area contributed by atoms with Gasteiger partial charge in [-0.15, -0.1) is 11.8 Å². The number of hydrogen-bond donors (Lipinski definition) is 1. The monoisotopic (exact) mass is 290 g/mol. The lowest BCUT2D eigenvalue weighted by atomic mass is 9.99. The minimum absolute atomic E-state index is 0.234. The Bertz CT molecular complexity index is 542. The van der Waals surface area contributed by atoms with Gasteiger partial charge in [0.25, 0.3) is 5.91 Å². The molecule has 1 saturated heterocycles. The van der Waals surface area contributed by atoms with Crippen LogP contribution in [0.3, 0.4) is 0 Å². The zero-order valence-electron chi connectivity index (χ0n) is 12.4. The number of rotatable bonds is 3. The van der Waals surface area contributed by atoms with E-state index in [2.05, 4.69) is 38.2 Å². The molecule has 20 heavy (non-hydrogen) atoms. The molecule has 0 saturated carbocycles. The first-order valence-electron chi connectivity index (χ1n) is 7.47. The molecule has 1 amide bonds. The maximum absolute atomic E-state index is 12.7. The van der Waals surface area contributed by atoms with Crippen molar-refractivity contribution < 1.29 is 4.79 Å². The zero-order chi connectivity index (χ0) is 14.3. The fourth-order valence-corrected chi connectivity index (χ4v) is 4.16. The molecular weight excluding hydrogens is 268 g/mol. The number of amides is 1. The number of piperazine rings is 1. The van der Waals surface area contributed by atoms with Crippen molar-refractivity contribution in [3.8, 4) is 0 Å². The summed E-state index contributed by atoms with van der Waals surface area (Å²) >= 11 is 1.81. The van der Waals surface area contributed by atoms with E-state index in [0.29, 0.717) is 5.25 Å². The van der Waals surface area contributed by atoms with Crippen LogP contribution in [0, 0.1) is 0 Å². The van der Waals surface area contributed by atoms with E-state index in [9.17, 15) is 4.79 Å². The van der Waals surface area contributed by atoms with Gasteiger partial charge in [0.1, 0.15) is 0 Å². The second-order valence-corrected chi connectivity index (χ2v) is 7.42. The average molecular weight is 290 g/mol. The van der Waals surface area contributed by atoms with Crippen molar-refractivity contribution in [1.82, 2.24) is 10.2 Å². The molecule has 0 bridgehead atoms. The Morgan fingerprint density at radius 1 is 1.45 bits per heavy atom. The van der Waals surface area contributed by atoms with Gasteiger partial charge in [0, 0.05) is 29.8 Å². The number of nitrogens with zero attached hydrogens (tertiary/aromatic N) is 1. The van der Waals surface area contributed by atoms with Crippen LogP contribution in [0.5, 0.6) is 0 Å². The van der Waals surface area contributed by atoms with Crippen LogP contribution in [-0.2, 0) is 6.42 Å². The van der Waals surface area contributed by atoms with Crippen molar-refractivity contribution in [2.75, 3.05) is 19.6 Å². The van der Waals surface area contributed by atoms with Gasteiger partial charge in [0.05, 0.1) is 11.6 Å². The van der Waals surface area contributed by atoms with Crippen molar-refractivity contribution in [2.24, 2.45) is 0 Å². The molecule has 0 spiro atoms. The second-order valence-electron chi connectivity index (χ2n) is 5.80. The van der Waals surface area contributed by atoms with Crippen LogP contribution < -0.4 is 5.32 Å². The highest BCUT2D eigenvalue weighted by Crippen LogP contribution is 2.41. The van der Waals surface area contributed by atoms with E-state index in [1.807, 2.05) is 16.7 Å². The van der Waals surface area contributed by atoms with E-state index in [1.165, 1.54) is 16.0 Å². The topological polar surface area (TPSA) is 32.3 Å². The number of benzene rings is 1. The van der Waals surface area contributed by atoms with Gasteiger partial charge in [0.2, 0.25) is 0 Å².